The van der Waals surface area contributed by atoms with Crippen LogP contribution in [0.5, 0.6) is 0 Å². The largest absolute Gasteiger partial charge is 0.342 e. The van der Waals surface area contributed by atoms with E-state index in [1.165, 1.54) is 27.2 Å². The number of hydrogen-bond donors (Lipinski definition) is 0. The molecule has 0 radical (unpaired) electrons. The zero-order valence-electron chi connectivity index (χ0n) is 14.1. The number of halogens is 1. The minimum atomic E-state index is 0.158. The van der Waals surface area contributed by atoms with E-state index in [-0.39, 0.29) is 5.91 Å². The van der Waals surface area contributed by atoms with Gasteiger partial charge in [0.05, 0.1) is 5.69 Å². The van der Waals surface area contributed by atoms with Crippen LogP contribution >= 0.6 is 23.4 Å². The zero-order valence-corrected chi connectivity index (χ0v) is 15.7. The van der Waals surface area contributed by atoms with E-state index in [1.807, 2.05) is 35.0 Å². The summed E-state index contributed by atoms with van der Waals surface area (Å²) in [4.78, 5) is 19.5. The molecule has 3 heterocycles. The predicted octanol–water partition coefficient (Wildman–Crippen LogP) is 4.78. The molecule has 1 fully saturated rings. The lowest BCUT2D eigenvalue weighted by molar-refractivity contribution is -0.129. The Labute approximate surface area is 157 Å². The fourth-order valence-electron chi connectivity index (χ4n) is 3.58. The normalized spacial score (nSPS) is 17.0. The number of carbonyl (C=O) groups excluding carboxylic acids is 1. The molecule has 0 atom stereocenters. The topological polar surface area (TPSA) is 33.2 Å². The summed E-state index contributed by atoms with van der Waals surface area (Å²) in [5.74, 6) is 1.05. The number of piperidine rings is 1. The van der Waals surface area contributed by atoms with Gasteiger partial charge in [0.2, 0.25) is 5.91 Å². The minimum absolute atomic E-state index is 0.158. The lowest BCUT2D eigenvalue weighted by Crippen LogP contribution is -2.34. The maximum atomic E-state index is 11.7. The molecule has 1 aromatic carbocycles. The predicted molar refractivity (Wildman–Crippen MR) is 103 cm³/mol. The average Bonchev–Trinajstić information content (AvgIpc) is 2.78. The van der Waals surface area contributed by atoms with E-state index in [0.29, 0.717) is 0 Å². The van der Waals surface area contributed by atoms with Crippen molar-refractivity contribution in [3.05, 3.63) is 63.9 Å². The Morgan fingerprint density at radius 2 is 2.04 bits per heavy atom. The van der Waals surface area contributed by atoms with E-state index < -0.39 is 0 Å². The van der Waals surface area contributed by atoms with Gasteiger partial charge in [0.15, 0.2) is 0 Å². The van der Waals surface area contributed by atoms with Crippen molar-refractivity contribution in [1.29, 1.82) is 0 Å². The summed E-state index contributed by atoms with van der Waals surface area (Å²) in [5.41, 5.74) is 6.20. The summed E-state index contributed by atoms with van der Waals surface area (Å²) in [5, 5.41) is 0.765. The van der Waals surface area contributed by atoms with Crippen LogP contribution in [0.25, 0.3) is 5.57 Å². The molecule has 2 aliphatic heterocycles. The summed E-state index contributed by atoms with van der Waals surface area (Å²) in [6.07, 6.45) is 3.67. The van der Waals surface area contributed by atoms with Crippen LogP contribution in [0.3, 0.4) is 0 Å². The molecule has 0 spiro atoms. The number of pyridine rings is 1. The number of aromatic nitrogens is 1. The van der Waals surface area contributed by atoms with Crippen LogP contribution in [0.2, 0.25) is 5.02 Å². The summed E-state index contributed by atoms with van der Waals surface area (Å²) in [6.45, 7) is 3.22. The van der Waals surface area contributed by atoms with Gasteiger partial charge in [-0.05, 0) is 42.2 Å². The van der Waals surface area contributed by atoms with E-state index in [0.717, 1.165) is 42.4 Å². The standard InChI is InChI=1S/C20H19ClN2OS/c1-13(24)23-9-6-14(7-10-23)19-17-5-4-16(21)11-18(17)25-12-15-3-2-8-22-20(15)19/h2-5,8,11H,6-7,9-10,12H2,1H3. The quantitative estimate of drug-likeness (QED) is 0.668. The van der Waals surface area contributed by atoms with Crippen LogP contribution in [0, 0.1) is 0 Å². The Hall–Kier alpha value is -1.78. The third-order valence-electron chi connectivity index (χ3n) is 4.89. The third kappa shape index (κ3) is 3.21. The number of nitrogens with zero attached hydrogens (tertiary/aromatic N) is 2. The van der Waals surface area contributed by atoms with Gasteiger partial charge in [-0.15, -0.1) is 11.8 Å². The van der Waals surface area contributed by atoms with Gasteiger partial charge in [-0.1, -0.05) is 29.3 Å². The van der Waals surface area contributed by atoms with Gasteiger partial charge >= 0.3 is 0 Å². The van der Waals surface area contributed by atoms with Crippen LogP contribution in [0.1, 0.15) is 36.6 Å². The fraction of sp³-hybridized carbons (Fsp3) is 0.300. The zero-order chi connectivity index (χ0) is 17.4. The number of carbonyl (C=O) groups is 1. The van der Waals surface area contributed by atoms with Gasteiger partial charge in [0.1, 0.15) is 0 Å². The van der Waals surface area contributed by atoms with Crippen molar-refractivity contribution in [1.82, 2.24) is 9.88 Å². The lowest BCUT2D eigenvalue weighted by atomic mass is 9.89. The van der Waals surface area contributed by atoms with Gasteiger partial charge in [-0.2, -0.15) is 0 Å². The van der Waals surface area contributed by atoms with Crippen molar-refractivity contribution >= 4 is 34.8 Å². The maximum Gasteiger partial charge on any atom is 0.219 e. The van der Waals surface area contributed by atoms with Crippen LogP contribution < -0.4 is 0 Å². The second-order valence-electron chi connectivity index (χ2n) is 6.42. The smallest absolute Gasteiger partial charge is 0.219 e. The summed E-state index contributed by atoms with van der Waals surface area (Å²) < 4.78 is 0. The Bertz CT molecular complexity index is 868. The fourth-order valence-corrected chi connectivity index (χ4v) is 4.90. The highest BCUT2D eigenvalue weighted by Crippen LogP contribution is 2.43. The summed E-state index contributed by atoms with van der Waals surface area (Å²) in [7, 11) is 0. The van der Waals surface area contributed by atoms with Crippen molar-refractivity contribution in [3.8, 4) is 0 Å². The van der Waals surface area contributed by atoms with Crippen LogP contribution in [0.15, 0.2) is 47.0 Å². The lowest BCUT2D eigenvalue weighted by Gasteiger charge is -2.29. The molecule has 5 heteroatoms. The molecule has 0 N–H and O–H groups in total. The van der Waals surface area contributed by atoms with Crippen LogP contribution in [-0.4, -0.2) is 28.9 Å². The molecule has 0 aliphatic carbocycles. The second-order valence-corrected chi connectivity index (χ2v) is 7.88. The molecule has 3 nitrogen and oxygen atoms in total. The third-order valence-corrected chi connectivity index (χ3v) is 6.23. The molecule has 128 valence electrons. The highest BCUT2D eigenvalue weighted by molar-refractivity contribution is 7.98. The molecule has 25 heavy (non-hydrogen) atoms. The van der Waals surface area contributed by atoms with Gasteiger partial charge in [-0.25, -0.2) is 0 Å². The molecular formula is C20H19ClN2OS. The molecule has 1 amide bonds. The first kappa shape index (κ1) is 16.7. The molecule has 2 aliphatic rings. The van der Waals surface area contributed by atoms with Crippen molar-refractivity contribution in [3.63, 3.8) is 0 Å². The number of hydrogen-bond acceptors (Lipinski definition) is 3. The molecule has 0 bridgehead atoms. The monoisotopic (exact) mass is 370 g/mol. The highest BCUT2D eigenvalue weighted by atomic mass is 35.5. The molecule has 1 aromatic heterocycles. The summed E-state index contributed by atoms with van der Waals surface area (Å²) >= 11 is 8.06. The van der Waals surface area contributed by atoms with E-state index >= 15 is 0 Å². The number of fused-ring (bicyclic) bond motifs is 2. The number of benzene rings is 1. The van der Waals surface area contributed by atoms with E-state index in [2.05, 4.69) is 18.2 Å². The maximum absolute atomic E-state index is 11.7. The van der Waals surface area contributed by atoms with Crippen molar-refractivity contribution < 1.29 is 4.79 Å². The average molecular weight is 371 g/mol. The Morgan fingerprint density at radius 1 is 1.24 bits per heavy atom. The SMILES string of the molecule is CC(=O)N1CCC(=C2c3ccc(Cl)cc3SCc3cccnc32)CC1. The molecule has 2 aromatic rings. The number of thioether (sulfide) groups is 1. The minimum Gasteiger partial charge on any atom is -0.342 e. The molecule has 0 unspecified atom stereocenters. The van der Waals surface area contributed by atoms with Crippen molar-refractivity contribution in [2.75, 3.05) is 13.1 Å². The first-order valence-electron chi connectivity index (χ1n) is 8.48. The Morgan fingerprint density at radius 3 is 2.80 bits per heavy atom. The summed E-state index contributed by atoms with van der Waals surface area (Å²) in [6, 6.07) is 10.3. The van der Waals surface area contributed by atoms with Crippen LogP contribution in [-0.2, 0) is 10.5 Å². The van der Waals surface area contributed by atoms with Crippen molar-refractivity contribution in [2.24, 2.45) is 0 Å². The molecule has 1 saturated heterocycles. The van der Waals surface area contributed by atoms with Gasteiger partial charge in [0.25, 0.3) is 0 Å². The van der Waals surface area contributed by atoms with E-state index in [1.54, 1.807) is 6.92 Å². The molecule has 0 saturated carbocycles. The van der Waals surface area contributed by atoms with E-state index in [4.69, 9.17) is 16.6 Å². The molecular weight excluding hydrogens is 352 g/mol. The number of rotatable bonds is 0. The highest BCUT2D eigenvalue weighted by Gasteiger charge is 2.25. The van der Waals surface area contributed by atoms with Gasteiger partial charge in [0, 0.05) is 47.5 Å². The van der Waals surface area contributed by atoms with Crippen molar-refractivity contribution in [2.45, 2.75) is 30.4 Å². The van der Waals surface area contributed by atoms with Crippen LogP contribution in [0.4, 0.5) is 0 Å². The van der Waals surface area contributed by atoms with E-state index in [9.17, 15) is 4.79 Å². The Kier molecular flexibility index (Phi) is 4.57. The second kappa shape index (κ2) is 6.85. The number of amides is 1. The first-order valence-corrected chi connectivity index (χ1v) is 9.84. The first-order chi connectivity index (χ1) is 12.1. The van der Waals surface area contributed by atoms with Gasteiger partial charge in [-0.3, -0.25) is 9.78 Å². The Balaban J connectivity index is 1.86. The number of likely N-dealkylation sites (tertiary alicyclic amines) is 1. The van der Waals surface area contributed by atoms with Gasteiger partial charge < -0.3 is 4.90 Å². The molecule has 4 rings (SSSR count).